The van der Waals surface area contributed by atoms with Crippen molar-refractivity contribution < 1.29 is 18.0 Å². The summed E-state index contributed by atoms with van der Waals surface area (Å²) in [4.78, 5) is 24.2. The maximum Gasteiger partial charge on any atom is 0.247 e. The van der Waals surface area contributed by atoms with Crippen LogP contribution in [0, 0.1) is 0 Å². The molecule has 1 N–H and O–H groups in total. The SMILES string of the molecule is CCc1ccc(N([C@@H](C)C(=O)Nc2cccc(C(C)=O)c2)S(C)(=O)=O)cc1. The second-order valence-corrected chi connectivity index (χ2v) is 8.24. The minimum Gasteiger partial charge on any atom is -0.324 e. The lowest BCUT2D eigenvalue weighted by Crippen LogP contribution is -2.45. The summed E-state index contributed by atoms with van der Waals surface area (Å²) in [5.41, 5.74) is 2.41. The molecule has 2 aromatic carbocycles. The van der Waals surface area contributed by atoms with E-state index in [0.29, 0.717) is 16.9 Å². The van der Waals surface area contributed by atoms with E-state index in [4.69, 9.17) is 0 Å². The first-order valence-electron chi connectivity index (χ1n) is 8.63. The molecule has 0 saturated carbocycles. The molecule has 1 amide bonds. The number of amides is 1. The number of nitrogens with zero attached hydrogens (tertiary/aromatic N) is 1. The highest BCUT2D eigenvalue weighted by Crippen LogP contribution is 2.22. The average Bonchev–Trinajstić information content (AvgIpc) is 2.61. The highest BCUT2D eigenvalue weighted by Gasteiger charge is 2.29. The lowest BCUT2D eigenvalue weighted by atomic mass is 10.1. The van der Waals surface area contributed by atoms with E-state index in [1.54, 1.807) is 36.4 Å². The van der Waals surface area contributed by atoms with Gasteiger partial charge < -0.3 is 5.32 Å². The molecule has 144 valence electrons. The third kappa shape index (κ3) is 5.17. The van der Waals surface area contributed by atoms with Gasteiger partial charge in [-0.15, -0.1) is 0 Å². The molecule has 0 heterocycles. The van der Waals surface area contributed by atoms with E-state index in [-0.39, 0.29) is 5.78 Å². The molecule has 1 atom stereocenters. The van der Waals surface area contributed by atoms with Crippen LogP contribution in [0.5, 0.6) is 0 Å². The van der Waals surface area contributed by atoms with Gasteiger partial charge in [-0.3, -0.25) is 13.9 Å². The summed E-state index contributed by atoms with van der Waals surface area (Å²) < 4.78 is 25.8. The average molecular weight is 388 g/mol. The third-order valence-corrected chi connectivity index (χ3v) is 5.47. The Labute approximate surface area is 160 Å². The third-order valence-electron chi connectivity index (χ3n) is 4.22. The fourth-order valence-corrected chi connectivity index (χ4v) is 3.92. The molecule has 0 aliphatic carbocycles. The highest BCUT2D eigenvalue weighted by atomic mass is 32.2. The largest absolute Gasteiger partial charge is 0.324 e. The molecule has 0 spiro atoms. The van der Waals surface area contributed by atoms with E-state index in [2.05, 4.69) is 5.32 Å². The summed E-state index contributed by atoms with van der Waals surface area (Å²) in [6.45, 7) is 4.97. The first kappa shape index (κ1) is 20.6. The highest BCUT2D eigenvalue weighted by molar-refractivity contribution is 7.92. The van der Waals surface area contributed by atoms with Crippen molar-refractivity contribution >= 4 is 33.1 Å². The van der Waals surface area contributed by atoms with Gasteiger partial charge in [0.2, 0.25) is 15.9 Å². The van der Waals surface area contributed by atoms with Crippen molar-refractivity contribution in [3.05, 3.63) is 59.7 Å². The molecular formula is C20H24N2O4S. The number of hydrogen-bond donors (Lipinski definition) is 1. The number of aryl methyl sites for hydroxylation is 1. The Morgan fingerprint density at radius 1 is 1.11 bits per heavy atom. The number of Topliss-reactive ketones (excluding diaryl/α,β-unsaturated/α-hetero) is 1. The van der Waals surface area contributed by atoms with E-state index in [0.717, 1.165) is 22.5 Å². The quantitative estimate of drug-likeness (QED) is 0.738. The van der Waals surface area contributed by atoms with Crippen molar-refractivity contribution in [1.29, 1.82) is 0 Å². The Hall–Kier alpha value is -2.67. The predicted molar refractivity (Wildman–Crippen MR) is 108 cm³/mol. The number of rotatable bonds is 7. The van der Waals surface area contributed by atoms with E-state index < -0.39 is 22.0 Å². The van der Waals surface area contributed by atoms with Crippen LogP contribution < -0.4 is 9.62 Å². The zero-order chi connectivity index (χ0) is 20.2. The Balaban J connectivity index is 2.29. The van der Waals surface area contributed by atoms with Gasteiger partial charge >= 0.3 is 0 Å². The van der Waals surface area contributed by atoms with Gasteiger partial charge in [0.05, 0.1) is 11.9 Å². The molecule has 27 heavy (non-hydrogen) atoms. The molecule has 0 unspecified atom stereocenters. The van der Waals surface area contributed by atoms with Crippen molar-refractivity contribution in [2.24, 2.45) is 0 Å². The Kier molecular flexibility index (Phi) is 6.38. The van der Waals surface area contributed by atoms with Crippen LogP contribution in [0.4, 0.5) is 11.4 Å². The van der Waals surface area contributed by atoms with Crippen LogP contribution in [-0.4, -0.2) is 32.4 Å². The van der Waals surface area contributed by atoms with E-state index in [9.17, 15) is 18.0 Å². The summed E-state index contributed by atoms with van der Waals surface area (Å²) in [5, 5.41) is 2.68. The molecule has 0 saturated heterocycles. The van der Waals surface area contributed by atoms with Crippen LogP contribution in [0.2, 0.25) is 0 Å². The normalized spacial score (nSPS) is 12.3. The first-order valence-corrected chi connectivity index (χ1v) is 10.5. The zero-order valence-electron chi connectivity index (χ0n) is 15.9. The molecule has 6 nitrogen and oxygen atoms in total. The van der Waals surface area contributed by atoms with E-state index in [1.165, 1.54) is 13.8 Å². The van der Waals surface area contributed by atoms with E-state index in [1.807, 2.05) is 19.1 Å². The molecule has 0 aliphatic rings. The monoisotopic (exact) mass is 388 g/mol. The topological polar surface area (TPSA) is 83.6 Å². The summed E-state index contributed by atoms with van der Waals surface area (Å²) in [5.74, 6) is -0.603. The zero-order valence-corrected chi connectivity index (χ0v) is 16.7. The minimum absolute atomic E-state index is 0.118. The molecule has 0 bridgehead atoms. The van der Waals surface area contributed by atoms with Crippen LogP contribution in [-0.2, 0) is 21.2 Å². The van der Waals surface area contributed by atoms with Crippen LogP contribution in [0.15, 0.2) is 48.5 Å². The van der Waals surface area contributed by atoms with Crippen LogP contribution >= 0.6 is 0 Å². The number of nitrogens with one attached hydrogen (secondary N) is 1. The van der Waals surface area contributed by atoms with Gasteiger partial charge in [0, 0.05) is 11.3 Å². The molecule has 2 rings (SSSR count). The predicted octanol–water partition coefficient (Wildman–Crippen LogP) is 3.24. The van der Waals surface area contributed by atoms with Crippen LogP contribution in [0.1, 0.15) is 36.7 Å². The van der Waals surface area contributed by atoms with Crippen molar-refractivity contribution in [2.75, 3.05) is 15.9 Å². The Morgan fingerprint density at radius 3 is 2.26 bits per heavy atom. The molecule has 7 heteroatoms. The fraction of sp³-hybridized carbons (Fsp3) is 0.300. The molecule has 0 fully saturated rings. The number of anilines is 2. The summed E-state index contributed by atoms with van der Waals surface area (Å²) >= 11 is 0. The number of sulfonamides is 1. The van der Waals surface area contributed by atoms with Crippen molar-refractivity contribution in [3.63, 3.8) is 0 Å². The van der Waals surface area contributed by atoms with Crippen molar-refractivity contribution in [2.45, 2.75) is 33.2 Å². The summed E-state index contributed by atoms with van der Waals surface area (Å²) in [6, 6.07) is 12.6. The summed E-state index contributed by atoms with van der Waals surface area (Å²) in [6.07, 6.45) is 1.91. The number of benzene rings is 2. The molecule has 0 radical (unpaired) electrons. The Morgan fingerprint density at radius 2 is 1.74 bits per heavy atom. The van der Waals surface area contributed by atoms with Gasteiger partial charge in [-0.05, 0) is 50.1 Å². The number of carbonyl (C=O) groups excluding carboxylic acids is 2. The molecule has 0 aliphatic heterocycles. The van der Waals surface area contributed by atoms with Gasteiger partial charge in [-0.2, -0.15) is 0 Å². The summed E-state index contributed by atoms with van der Waals surface area (Å²) in [7, 11) is -3.68. The number of carbonyl (C=O) groups is 2. The maximum atomic E-state index is 12.7. The van der Waals surface area contributed by atoms with Gasteiger partial charge in [-0.1, -0.05) is 31.2 Å². The first-order chi connectivity index (χ1) is 12.6. The lowest BCUT2D eigenvalue weighted by molar-refractivity contribution is -0.116. The molecular weight excluding hydrogens is 364 g/mol. The molecule has 2 aromatic rings. The van der Waals surface area contributed by atoms with Gasteiger partial charge in [0.25, 0.3) is 0 Å². The second kappa shape index (κ2) is 8.35. The minimum atomic E-state index is -3.68. The fourth-order valence-electron chi connectivity index (χ4n) is 2.75. The maximum absolute atomic E-state index is 12.7. The van der Waals surface area contributed by atoms with Gasteiger partial charge in [0.1, 0.15) is 6.04 Å². The van der Waals surface area contributed by atoms with Gasteiger partial charge in [0.15, 0.2) is 5.78 Å². The standard InChI is InChI=1S/C20H24N2O4S/c1-5-16-9-11-19(12-10-16)22(27(4,25)26)14(2)20(24)21-18-8-6-7-17(13-18)15(3)23/h6-14H,5H2,1-4H3,(H,21,24)/t14-/m0/s1. The lowest BCUT2D eigenvalue weighted by Gasteiger charge is -2.28. The van der Waals surface area contributed by atoms with Crippen LogP contribution in [0.3, 0.4) is 0 Å². The van der Waals surface area contributed by atoms with E-state index >= 15 is 0 Å². The number of hydrogen-bond acceptors (Lipinski definition) is 4. The molecule has 0 aromatic heterocycles. The Bertz CT molecular complexity index is 937. The van der Waals surface area contributed by atoms with Crippen molar-refractivity contribution in [3.8, 4) is 0 Å². The smallest absolute Gasteiger partial charge is 0.247 e. The van der Waals surface area contributed by atoms with Crippen LogP contribution in [0.25, 0.3) is 0 Å². The second-order valence-electron chi connectivity index (χ2n) is 6.38. The van der Waals surface area contributed by atoms with Gasteiger partial charge in [-0.25, -0.2) is 8.42 Å². The van der Waals surface area contributed by atoms with Crippen molar-refractivity contribution in [1.82, 2.24) is 0 Å². The number of ketones is 1.